The first-order chi connectivity index (χ1) is 10.5. The van der Waals surface area contributed by atoms with E-state index in [0.717, 1.165) is 0 Å². The molecule has 1 aliphatic rings. The molecule has 3 N–H and O–H groups in total. The van der Waals surface area contributed by atoms with Gasteiger partial charge in [-0.1, -0.05) is 37.3 Å². The lowest BCUT2D eigenvalue weighted by molar-refractivity contribution is -0.152. The van der Waals surface area contributed by atoms with E-state index in [4.69, 9.17) is 5.11 Å². The third-order valence-electron chi connectivity index (χ3n) is 3.89. The molecule has 22 heavy (non-hydrogen) atoms. The van der Waals surface area contributed by atoms with E-state index in [9.17, 15) is 19.5 Å². The van der Waals surface area contributed by atoms with E-state index in [0.29, 0.717) is 10.5 Å². The van der Waals surface area contributed by atoms with Crippen LogP contribution in [0.4, 0.5) is 4.79 Å². The number of amides is 4. The lowest BCUT2D eigenvalue weighted by atomic mass is 9.74. The average Bonchev–Trinajstić information content (AvgIpc) is 2.49. The molecule has 0 saturated carbocycles. The molecule has 0 aliphatic carbocycles. The Morgan fingerprint density at radius 1 is 1.23 bits per heavy atom. The van der Waals surface area contributed by atoms with Gasteiger partial charge in [0.25, 0.3) is 5.91 Å². The van der Waals surface area contributed by atoms with Crippen molar-refractivity contribution in [3.05, 3.63) is 35.9 Å². The number of aliphatic hydroxyl groups excluding tert-OH is 2. The second kappa shape index (κ2) is 6.25. The largest absolute Gasteiger partial charge is 0.396 e. The topological polar surface area (TPSA) is 107 Å². The average molecular weight is 306 g/mol. The Kier molecular flexibility index (Phi) is 4.58. The number of hydrogen-bond acceptors (Lipinski definition) is 5. The summed E-state index contributed by atoms with van der Waals surface area (Å²) in [5, 5.41) is 21.0. The number of carbonyl (C=O) groups is 3. The number of nitrogens with one attached hydrogen (secondary N) is 1. The fourth-order valence-corrected chi connectivity index (χ4v) is 2.67. The number of nitrogens with zero attached hydrogens (tertiary/aromatic N) is 1. The van der Waals surface area contributed by atoms with Crippen molar-refractivity contribution in [2.75, 3.05) is 6.61 Å². The second-order valence-corrected chi connectivity index (χ2v) is 5.05. The monoisotopic (exact) mass is 306 g/mol. The molecule has 0 aromatic heterocycles. The Labute approximate surface area is 127 Å². The highest BCUT2D eigenvalue weighted by Crippen LogP contribution is 2.34. The van der Waals surface area contributed by atoms with Gasteiger partial charge in [0.05, 0.1) is 0 Å². The van der Waals surface area contributed by atoms with Crippen LogP contribution in [-0.4, -0.2) is 45.8 Å². The summed E-state index contributed by atoms with van der Waals surface area (Å²) in [6, 6.07) is 7.43. The van der Waals surface area contributed by atoms with Crippen LogP contribution >= 0.6 is 0 Å². The van der Waals surface area contributed by atoms with E-state index < -0.39 is 36.1 Å². The first kappa shape index (κ1) is 16.1. The maximum absolute atomic E-state index is 12.8. The summed E-state index contributed by atoms with van der Waals surface area (Å²) in [7, 11) is 0. The summed E-state index contributed by atoms with van der Waals surface area (Å²) >= 11 is 0. The van der Waals surface area contributed by atoms with E-state index in [1.54, 1.807) is 37.3 Å². The number of hydrogen-bond donors (Lipinski definition) is 3. The van der Waals surface area contributed by atoms with Crippen LogP contribution in [0.2, 0.25) is 0 Å². The lowest BCUT2D eigenvalue weighted by Crippen LogP contribution is -2.68. The van der Waals surface area contributed by atoms with E-state index in [-0.39, 0.29) is 12.8 Å². The van der Waals surface area contributed by atoms with Gasteiger partial charge in [-0.2, -0.15) is 0 Å². The molecule has 0 spiro atoms. The Morgan fingerprint density at radius 2 is 1.86 bits per heavy atom. The van der Waals surface area contributed by atoms with Gasteiger partial charge in [-0.05, 0) is 12.0 Å². The van der Waals surface area contributed by atoms with Crippen molar-refractivity contribution in [3.8, 4) is 0 Å². The molecule has 1 heterocycles. The highest BCUT2D eigenvalue weighted by atomic mass is 16.3. The first-order valence-corrected chi connectivity index (χ1v) is 7.02. The number of benzene rings is 1. The van der Waals surface area contributed by atoms with E-state index in [1.807, 2.05) is 0 Å². The molecule has 0 bridgehead atoms. The third-order valence-corrected chi connectivity index (χ3v) is 3.89. The minimum Gasteiger partial charge on any atom is -0.396 e. The zero-order chi connectivity index (χ0) is 16.3. The highest BCUT2D eigenvalue weighted by molar-refractivity contribution is 6.22. The van der Waals surface area contributed by atoms with Crippen LogP contribution in [-0.2, 0) is 15.0 Å². The number of rotatable bonds is 5. The number of barbiturate groups is 1. The predicted octanol–water partition coefficient (Wildman–Crippen LogP) is 0.114. The molecule has 0 radical (unpaired) electrons. The standard InChI is InChI=1S/C15H18N2O5/c1-2-15(10-6-4-3-5-7-10)12(20)16-14(22)17(13(15)21)11(19)8-9-18/h3-7,11,18-19H,2,8-9H2,1H3,(H,16,20,22). The molecule has 1 fully saturated rings. The van der Waals surface area contributed by atoms with Crippen LogP contribution in [0.25, 0.3) is 0 Å². The van der Waals surface area contributed by atoms with Crippen molar-refractivity contribution >= 4 is 17.8 Å². The van der Waals surface area contributed by atoms with E-state index in [1.165, 1.54) is 0 Å². The summed E-state index contributed by atoms with van der Waals surface area (Å²) in [5.41, 5.74) is -1.11. The fourth-order valence-electron chi connectivity index (χ4n) is 2.67. The molecule has 2 atom stereocenters. The van der Waals surface area contributed by atoms with Gasteiger partial charge in [0.2, 0.25) is 5.91 Å². The van der Waals surface area contributed by atoms with E-state index >= 15 is 0 Å². The smallest absolute Gasteiger partial charge is 0.332 e. The van der Waals surface area contributed by atoms with Crippen LogP contribution in [0.15, 0.2) is 30.3 Å². The molecule has 1 aromatic carbocycles. The highest BCUT2D eigenvalue weighted by Gasteiger charge is 2.55. The molecular weight excluding hydrogens is 288 g/mol. The Balaban J connectivity index is 2.51. The summed E-state index contributed by atoms with van der Waals surface area (Å²) in [5.74, 6) is -1.49. The summed E-state index contributed by atoms with van der Waals surface area (Å²) < 4.78 is 0. The first-order valence-electron chi connectivity index (χ1n) is 7.02. The van der Waals surface area contributed by atoms with E-state index in [2.05, 4.69) is 5.32 Å². The quantitative estimate of drug-likeness (QED) is 0.670. The molecule has 2 unspecified atom stereocenters. The zero-order valence-electron chi connectivity index (χ0n) is 12.2. The second-order valence-electron chi connectivity index (χ2n) is 5.05. The summed E-state index contributed by atoms with van der Waals surface area (Å²) in [6.45, 7) is 1.27. The van der Waals surface area contributed by atoms with Crippen molar-refractivity contribution in [3.63, 3.8) is 0 Å². The number of urea groups is 1. The molecule has 2 rings (SSSR count). The molecule has 1 aliphatic heterocycles. The maximum atomic E-state index is 12.8. The Morgan fingerprint density at radius 3 is 2.41 bits per heavy atom. The molecule has 7 heteroatoms. The normalized spacial score (nSPS) is 23.4. The predicted molar refractivity (Wildman–Crippen MR) is 76.5 cm³/mol. The maximum Gasteiger partial charge on any atom is 0.332 e. The van der Waals surface area contributed by atoms with Gasteiger partial charge in [-0.3, -0.25) is 14.9 Å². The Hall–Kier alpha value is -2.25. The zero-order valence-corrected chi connectivity index (χ0v) is 12.2. The van der Waals surface area contributed by atoms with Crippen molar-refractivity contribution in [1.82, 2.24) is 10.2 Å². The molecule has 1 aromatic rings. The third kappa shape index (κ3) is 2.38. The number of aliphatic hydroxyl groups is 2. The van der Waals surface area contributed by atoms with Crippen molar-refractivity contribution < 1.29 is 24.6 Å². The summed E-state index contributed by atoms with van der Waals surface area (Å²) in [4.78, 5) is 37.7. The SMILES string of the molecule is CCC1(c2ccccc2)C(=O)NC(=O)N(C(O)CCO)C1=O. The fraction of sp³-hybridized carbons (Fsp3) is 0.400. The van der Waals surface area contributed by atoms with Gasteiger partial charge in [0, 0.05) is 13.0 Å². The van der Waals surface area contributed by atoms with Gasteiger partial charge in [0.1, 0.15) is 6.23 Å². The lowest BCUT2D eigenvalue weighted by Gasteiger charge is -2.40. The molecular formula is C15H18N2O5. The van der Waals surface area contributed by atoms with Crippen LogP contribution in [0.5, 0.6) is 0 Å². The van der Waals surface area contributed by atoms with Crippen LogP contribution < -0.4 is 5.32 Å². The van der Waals surface area contributed by atoms with Crippen molar-refractivity contribution in [2.24, 2.45) is 0 Å². The Bertz CT molecular complexity index is 589. The summed E-state index contributed by atoms with van der Waals surface area (Å²) in [6.07, 6.45) is -1.53. The van der Waals surface area contributed by atoms with Crippen molar-refractivity contribution in [2.45, 2.75) is 31.4 Å². The minimum atomic E-state index is -1.56. The van der Waals surface area contributed by atoms with Crippen molar-refractivity contribution in [1.29, 1.82) is 0 Å². The van der Waals surface area contributed by atoms with Gasteiger partial charge >= 0.3 is 6.03 Å². The van der Waals surface area contributed by atoms with Gasteiger partial charge in [-0.15, -0.1) is 0 Å². The molecule has 1 saturated heterocycles. The molecule has 7 nitrogen and oxygen atoms in total. The van der Waals surface area contributed by atoms with Gasteiger partial charge in [-0.25, -0.2) is 9.69 Å². The van der Waals surface area contributed by atoms with Gasteiger partial charge in [0.15, 0.2) is 5.41 Å². The molecule has 4 amide bonds. The minimum absolute atomic E-state index is 0.136. The van der Waals surface area contributed by atoms with Gasteiger partial charge < -0.3 is 10.2 Å². The number of imide groups is 2. The molecule has 118 valence electrons. The van der Waals surface area contributed by atoms with Crippen LogP contribution in [0.1, 0.15) is 25.3 Å². The van der Waals surface area contributed by atoms with Crippen LogP contribution in [0, 0.1) is 0 Å². The van der Waals surface area contributed by atoms with Crippen LogP contribution in [0.3, 0.4) is 0 Å². The number of carbonyl (C=O) groups excluding carboxylic acids is 3.